The molecule has 1 spiro atoms. The average molecular weight is 442 g/mol. The summed E-state index contributed by atoms with van der Waals surface area (Å²) in [6, 6.07) is 10.1. The Morgan fingerprint density at radius 1 is 1.19 bits per heavy atom. The number of cyclic esters (lactones) is 1. The van der Waals surface area contributed by atoms with Crippen molar-refractivity contribution in [2.24, 2.45) is 17.8 Å². The summed E-state index contributed by atoms with van der Waals surface area (Å²) in [6.07, 6.45) is 5.92. The molecule has 7 heteroatoms. The number of hydrogen-bond donors (Lipinski definition) is 0. The molecule has 1 unspecified atom stereocenters. The third-order valence-electron chi connectivity index (χ3n) is 7.51. The van der Waals surface area contributed by atoms with Crippen LogP contribution in [-0.4, -0.2) is 41.1 Å². The molecule has 3 aliphatic rings. The number of amides is 1. The van der Waals surface area contributed by atoms with Crippen LogP contribution in [0.4, 0.5) is 18.0 Å². The maximum Gasteiger partial charge on any atom is 0.410 e. The molecule has 1 aromatic heterocycles. The summed E-state index contributed by atoms with van der Waals surface area (Å²) in [4.78, 5) is 18.3. The van der Waals surface area contributed by atoms with Crippen LogP contribution in [-0.2, 0) is 4.74 Å². The molecule has 1 aliphatic heterocycles. The fourth-order valence-corrected chi connectivity index (χ4v) is 5.88. The first-order valence-electron chi connectivity index (χ1n) is 11.0. The summed E-state index contributed by atoms with van der Waals surface area (Å²) in [5.41, 5.74) is 1.68. The highest BCUT2D eigenvalue weighted by atomic mass is 19.3. The minimum absolute atomic E-state index is 0.0781. The lowest BCUT2D eigenvalue weighted by Gasteiger charge is -2.36. The average Bonchev–Trinajstić information content (AvgIpc) is 3.22. The van der Waals surface area contributed by atoms with Crippen molar-refractivity contribution in [3.8, 4) is 11.1 Å². The van der Waals surface area contributed by atoms with Gasteiger partial charge in [-0.2, -0.15) is 0 Å². The fraction of sp³-hybridized carbons (Fsp3) is 0.440. The van der Waals surface area contributed by atoms with Gasteiger partial charge in [-0.05, 0) is 54.5 Å². The summed E-state index contributed by atoms with van der Waals surface area (Å²) in [5.74, 6) is -3.09. The van der Waals surface area contributed by atoms with Crippen molar-refractivity contribution in [1.82, 2.24) is 9.88 Å². The Bertz CT molecular complexity index is 1060. The van der Waals surface area contributed by atoms with E-state index in [2.05, 4.69) is 4.98 Å². The van der Waals surface area contributed by atoms with Gasteiger partial charge in [0.1, 0.15) is 12.4 Å². The monoisotopic (exact) mass is 442 g/mol. The minimum atomic E-state index is -2.64. The first-order chi connectivity index (χ1) is 15.3. The van der Waals surface area contributed by atoms with E-state index in [4.69, 9.17) is 4.74 Å². The van der Waals surface area contributed by atoms with Crippen molar-refractivity contribution in [3.05, 3.63) is 60.2 Å². The first-order valence-corrected chi connectivity index (χ1v) is 11.0. The lowest BCUT2D eigenvalue weighted by atomic mass is 9.75. The van der Waals surface area contributed by atoms with Crippen molar-refractivity contribution >= 4 is 12.2 Å². The Hall–Kier alpha value is -2.83. The van der Waals surface area contributed by atoms with Gasteiger partial charge in [0.05, 0.1) is 11.2 Å². The smallest absolute Gasteiger partial charge is 0.410 e. The molecule has 4 nitrogen and oxygen atoms in total. The van der Waals surface area contributed by atoms with Crippen molar-refractivity contribution in [3.63, 3.8) is 0 Å². The van der Waals surface area contributed by atoms with Crippen LogP contribution in [0, 0.1) is 23.6 Å². The molecule has 3 fully saturated rings. The number of rotatable bonds is 3. The van der Waals surface area contributed by atoms with Gasteiger partial charge < -0.3 is 9.64 Å². The van der Waals surface area contributed by atoms with Gasteiger partial charge in [0.15, 0.2) is 0 Å². The second kappa shape index (κ2) is 7.64. The molecular formula is C25H25F3N2O2. The topological polar surface area (TPSA) is 42.4 Å². The molecule has 1 aromatic carbocycles. The van der Waals surface area contributed by atoms with E-state index in [1.54, 1.807) is 24.2 Å². The van der Waals surface area contributed by atoms with Gasteiger partial charge in [-0.25, -0.2) is 18.0 Å². The largest absolute Gasteiger partial charge is 0.447 e. The van der Waals surface area contributed by atoms with Crippen LogP contribution in [0.3, 0.4) is 0 Å². The van der Waals surface area contributed by atoms with E-state index in [1.807, 2.05) is 30.4 Å². The second-order valence-corrected chi connectivity index (χ2v) is 9.31. The van der Waals surface area contributed by atoms with Gasteiger partial charge in [0, 0.05) is 37.6 Å². The SMILES string of the molecule is CN1C(=O)OCC12C[C@@H]1CC(F)(F)CC[C@H]1[C@@H]2C=Cc1ccc(-c2cccc(F)c2)cn1. The minimum Gasteiger partial charge on any atom is -0.447 e. The third-order valence-corrected chi connectivity index (χ3v) is 7.51. The summed E-state index contributed by atoms with van der Waals surface area (Å²) in [7, 11) is 1.71. The number of carbonyl (C=O) groups excluding carboxylic acids is 1. The van der Waals surface area contributed by atoms with Crippen LogP contribution in [0.25, 0.3) is 17.2 Å². The maximum absolute atomic E-state index is 14.1. The molecule has 2 saturated carbocycles. The lowest BCUT2D eigenvalue weighted by Crippen LogP contribution is -2.48. The standard InChI is InChI=1S/C25H25F3N2O2/c1-30-23(31)32-15-24(30)12-18-13-25(27,28)10-9-21(18)22(24)8-7-20-6-5-17(14-29-20)16-3-2-4-19(26)11-16/h2-8,11,14,18,21-22H,9-10,12-13,15H2,1H3/t18-,21-,22+,24?/m1/s1. The molecular weight excluding hydrogens is 417 g/mol. The highest BCUT2D eigenvalue weighted by molar-refractivity contribution is 5.71. The van der Waals surface area contributed by atoms with Crippen LogP contribution in [0.1, 0.15) is 31.4 Å². The number of pyridine rings is 1. The maximum atomic E-state index is 14.1. The molecule has 2 aliphatic carbocycles. The Morgan fingerprint density at radius 2 is 2.03 bits per heavy atom. The first kappa shape index (κ1) is 21.0. The predicted molar refractivity (Wildman–Crippen MR) is 114 cm³/mol. The van der Waals surface area contributed by atoms with E-state index < -0.39 is 17.6 Å². The van der Waals surface area contributed by atoms with Crippen molar-refractivity contribution in [2.45, 2.75) is 37.1 Å². The van der Waals surface area contributed by atoms with E-state index in [0.717, 1.165) is 16.8 Å². The summed E-state index contributed by atoms with van der Waals surface area (Å²) < 4.78 is 47.1. The number of benzene rings is 1. The molecule has 0 N–H and O–H groups in total. The van der Waals surface area contributed by atoms with E-state index in [1.165, 1.54) is 12.1 Å². The quantitative estimate of drug-likeness (QED) is 0.604. The van der Waals surface area contributed by atoms with Crippen LogP contribution in [0.15, 0.2) is 48.7 Å². The molecule has 2 aromatic rings. The molecule has 0 bridgehead atoms. The predicted octanol–water partition coefficient (Wildman–Crippen LogP) is 5.79. The number of likely N-dealkylation sites (N-methyl/N-ethyl adjacent to an activating group) is 1. The number of alkyl halides is 2. The number of hydrogen-bond acceptors (Lipinski definition) is 3. The van der Waals surface area contributed by atoms with E-state index in [-0.39, 0.29) is 43.0 Å². The van der Waals surface area contributed by atoms with Gasteiger partial charge in [-0.1, -0.05) is 24.3 Å². The van der Waals surface area contributed by atoms with E-state index in [9.17, 15) is 18.0 Å². The third kappa shape index (κ3) is 3.57. The summed E-state index contributed by atoms with van der Waals surface area (Å²) >= 11 is 0. The normalized spacial score (nSPS) is 31.3. The van der Waals surface area contributed by atoms with Gasteiger partial charge in [-0.15, -0.1) is 0 Å². The van der Waals surface area contributed by atoms with Crippen molar-refractivity contribution in [1.29, 1.82) is 0 Å². The zero-order valence-corrected chi connectivity index (χ0v) is 17.8. The number of aromatic nitrogens is 1. The number of halogens is 3. The molecule has 32 heavy (non-hydrogen) atoms. The highest BCUT2D eigenvalue weighted by Gasteiger charge is 2.62. The van der Waals surface area contributed by atoms with Crippen molar-refractivity contribution < 1.29 is 22.7 Å². The van der Waals surface area contributed by atoms with Gasteiger partial charge in [0.25, 0.3) is 0 Å². The zero-order valence-electron chi connectivity index (χ0n) is 17.8. The zero-order chi connectivity index (χ0) is 22.5. The van der Waals surface area contributed by atoms with Gasteiger partial charge in [-0.3, -0.25) is 4.98 Å². The molecule has 168 valence electrons. The molecule has 0 radical (unpaired) electrons. The number of fused-ring (bicyclic) bond motifs is 1. The number of nitrogens with zero attached hydrogens (tertiary/aromatic N) is 2. The Labute approximate surface area is 185 Å². The van der Waals surface area contributed by atoms with Gasteiger partial charge in [0.2, 0.25) is 5.92 Å². The van der Waals surface area contributed by atoms with Crippen LogP contribution >= 0.6 is 0 Å². The van der Waals surface area contributed by atoms with Crippen LogP contribution in [0.2, 0.25) is 0 Å². The summed E-state index contributed by atoms with van der Waals surface area (Å²) in [6.45, 7) is 0.224. The van der Waals surface area contributed by atoms with Crippen LogP contribution < -0.4 is 0 Å². The van der Waals surface area contributed by atoms with E-state index in [0.29, 0.717) is 12.8 Å². The molecule has 4 atom stereocenters. The van der Waals surface area contributed by atoms with Crippen LogP contribution in [0.5, 0.6) is 0 Å². The molecule has 1 amide bonds. The number of carbonyl (C=O) groups is 1. The number of ether oxygens (including phenoxy) is 1. The molecule has 1 saturated heterocycles. The second-order valence-electron chi connectivity index (χ2n) is 9.31. The van der Waals surface area contributed by atoms with Crippen molar-refractivity contribution in [2.75, 3.05) is 13.7 Å². The van der Waals surface area contributed by atoms with E-state index >= 15 is 0 Å². The lowest BCUT2D eigenvalue weighted by molar-refractivity contribution is -0.0659. The highest BCUT2D eigenvalue weighted by Crippen LogP contribution is 2.57. The Kier molecular flexibility index (Phi) is 5.02. The Balaban J connectivity index is 1.41. The summed E-state index contributed by atoms with van der Waals surface area (Å²) in [5, 5.41) is 0. The fourth-order valence-electron chi connectivity index (χ4n) is 5.88. The molecule has 2 heterocycles. The van der Waals surface area contributed by atoms with Gasteiger partial charge >= 0.3 is 6.09 Å². The molecule has 5 rings (SSSR count). The Morgan fingerprint density at radius 3 is 2.72 bits per heavy atom.